The van der Waals surface area contributed by atoms with Crippen molar-refractivity contribution >= 4 is 11.8 Å². The lowest BCUT2D eigenvalue weighted by atomic mass is 9.93. The van der Waals surface area contributed by atoms with Gasteiger partial charge in [0.15, 0.2) is 0 Å². The lowest BCUT2D eigenvalue weighted by molar-refractivity contribution is -0.164. The number of carbonyl (C=O) groups is 2. The Balaban J connectivity index is 2.15. The smallest absolute Gasteiger partial charge is 0.246 e. The molecule has 0 N–H and O–H groups in total. The van der Waals surface area contributed by atoms with Crippen LogP contribution in [0.2, 0.25) is 0 Å². The minimum Gasteiger partial charge on any atom is -0.384 e. The molecular formula is C15H26N2O3. The summed E-state index contributed by atoms with van der Waals surface area (Å²) in [5, 5.41) is 0. The SMILES string of the molecule is CCC1C(=O)N2CCCCC2C(=O)N1CC(C)COC. The summed E-state index contributed by atoms with van der Waals surface area (Å²) in [6.07, 6.45) is 3.56. The zero-order valence-electron chi connectivity index (χ0n) is 12.8. The van der Waals surface area contributed by atoms with Crippen molar-refractivity contribution in [2.24, 2.45) is 5.92 Å². The first kappa shape index (κ1) is 15.3. The van der Waals surface area contributed by atoms with Gasteiger partial charge in [0.2, 0.25) is 11.8 Å². The summed E-state index contributed by atoms with van der Waals surface area (Å²) in [6.45, 7) is 6.01. The van der Waals surface area contributed by atoms with E-state index in [9.17, 15) is 9.59 Å². The van der Waals surface area contributed by atoms with E-state index in [1.807, 2.05) is 11.8 Å². The molecule has 2 rings (SSSR count). The summed E-state index contributed by atoms with van der Waals surface area (Å²) < 4.78 is 5.15. The fraction of sp³-hybridized carbons (Fsp3) is 0.867. The molecule has 2 fully saturated rings. The summed E-state index contributed by atoms with van der Waals surface area (Å²) in [4.78, 5) is 28.9. The molecule has 5 heteroatoms. The van der Waals surface area contributed by atoms with Gasteiger partial charge in [-0.25, -0.2) is 0 Å². The largest absolute Gasteiger partial charge is 0.384 e. The second kappa shape index (κ2) is 6.57. The Bertz CT molecular complexity index is 372. The first-order chi connectivity index (χ1) is 9.60. The highest BCUT2D eigenvalue weighted by Gasteiger charge is 2.45. The Morgan fingerprint density at radius 2 is 2.05 bits per heavy atom. The quantitative estimate of drug-likeness (QED) is 0.763. The molecule has 114 valence electrons. The lowest BCUT2D eigenvalue weighted by Crippen LogP contribution is -2.66. The number of hydrogen-bond acceptors (Lipinski definition) is 3. The van der Waals surface area contributed by atoms with Crippen molar-refractivity contribution in [2.45, 2.75) is 51.6 Å². The number of ether oxygens (including phenoxy) is 1. The molecule has 0 saturated carbocycles. The van der Waals surface area contributed by atoms with Crippen LogP contribution >= 0.6 is 0 Å². The van der Waals surface area contributed by atoms with Crippen molar-refractivity contribution in [1.82, 2.24) is 9.80 Å². The van der Waals surface area contributed by atoms with Gasteiger partial charge < -0.3 is 14.5 Å². The normalized spacial score (nSPS) is 28.6. The Hall–Kier alpha value is -1.10. The number of nitrogens with zero attached hydrogens (tertiary/aromatic N) is 2. The maximum Gasteiger partial charge on any atom is 0.246 e. The van der Waals surface area contributed by atoms with Gasteiger partial charge in [0, 0.05) is 20.2 Å². The summed E-state index contributed by atoms with van der Waals surface area (Å²) in [7, 11) is 1.67. The molecule has 0 aliphatic carbocycles. The van der Waals surface area contributed by atoms with Gasteiger partial charge in [0.1, 0.15) is 12.1 Å². The third-order valence-electron chi connectivity index (χ3n) is 4.36. The monoisotopic (exact) mass is 282 g/mol. The van der Waals surface area contributed by atoms with E-state index >= 15 is 0 Å². The van der Waals surface area contributed by atoms with Crippen molar-refractivity contribution < 1.29 is 14.3 Å². The van der Waals surface area contributed by atoms with Crippen LogP contribution in [0.15, 0.2) is 0 Å². The molecule has 0 aromatic heterocycles. The molecule has 2 saturated heterocycles. The molecular weight excluding hydrogens is 256 g/mol. The number of fused-ring (bicyclic) bond motifs is 1. The molecule has 0 aromatic rings. The second-order valence-electron chi connectivity index (χ2n) is 6.02. The van der Waals surface area contributed by atoms with Gasteiger partial charge in [-0.05, 0) is 31.6 Å². The molecule has 2 amide bonds. The fourth-order valence-corrected chi connectivity index (χ4v) is 3.41. The van der Waals surface area contributed by atoms with E-state index in [1.54, 1.807) is 12.0 Å². The summed E-state index contributed by atoms with van der Waals surface area (Å²) >= 11 is 0. The Morgan fingerprint density at radius 1 is 1.30 bits per heavy atom. The molecule has 3 atom stereocenters. The van der Waals surface area contributed by atoms with Crippen molar-refractivity contribution in [3.05, 3.63) is 0 Å². The van der Waals surface area contributed by atoms with Crippen LogP contribution < -0.4 is 0 Å². The summed E-state index contributed by atoms with van der Waals surface area (Å²) in [6, 6.07) is -0.495. The number of piperazine rings is 1. The van der Waals surface area contributed by atoms with Gasteiger partial charge in [0.25, 0.3) is 0 Å². The van der Waals surface area contributed by atoms with Gasteiger partial charge in [-0.15, -0.1) is 0 Å². The summed E-state index contributed by atoms with van der Waals surface area (Å²) in [5.74, 6) is 0.529. The van der Waals surface area contributed by atoms with Crippen LogP contribution in [0.1, 0.15) is 39.5 Å². The Morgan fingerprint density at radius 3 is 2.70 bits per heavy atom. The van der Waals surface area contributed by atoms with Crippen LogP contribution in [0.25, 0.3) is 0 Å². The van der Waals surface area contributed by atoms with E-state index in [0.29, 0.717) is 19.6 Å². The van der Waals surface area contributed by atoms with E-state index < -0.39 is 0 Å². The Kier molecular flexibility index (Phi) is 5.02. The third kappa shape index (κ3) is 2.82. The van der Waals surface area contributed by atoms with Crippen molar-refractivity contribution in [3.63, 3.8) is 0 Å². The van der Waals surface area contributed by atoms with Gasteiger partial charge in [0.05, 0.1) is 6.61 Å². The predicted octanol–water partition coefficient (Wildman–Crippen LogP) is 1.27. The van der Waals surface area contributed by atoms with Crippen LogP contribution in [-0.4, -0.2) is 60.5 Å². The van der Waals surface area contributed by atoms with Crippen LogP contribution in [0, 0.1) is 5.92 Å². The molecule has 5 nitrogen and oxygen atoms in total. The maximum absolute atomic E-state index is 12.7. The van der Waals surface area contributed by atoms with Crippen LogP contribution in [0.5, 0.6) is 0 Å². The molecule has 0 spiro atoms. The maximum atomic E-state index is 12.7. The molecule has 0 radical (unpaired) electrons. The molecule has 3 unspecified atom stereocenters. The van der Waals surface area contributed by atoms with Crippen molar-refractivity contribution in [3.8, 4) is 0 Å². The molecule has 2 aliphatic heterocycles. The average molecular weight is 282 g/mol. The van der Waals surface area contributed by atoms with Crippen LogP contribution in [0.3, 0.4) is 0 Å². The highest BCUT2D eigenvalue weighted by atomic mass is 16.5. The molecule has 0 aromatic carbocycles. The molecule has 20 heavy (non-hydrogen) atoms. The highest BCUT2D eigenvalue weighted by Crippen LogP contribution is 2.28. The van der Waals surface area contributed by atoms with Crippen LogP contribution in [0.4, 0.5) is 0 Å². The Labute approximate surface area is 121 Å². The van der Waals surface area contributed by atoms with Crippen LogP contribution in [-0.2, 0) is 14.3 Å². The zero-order valence-corrected chi connectivity index (χ0v) is 12.8. The first-order valence-corrected chi connectivity index (χ1v) is 7.70. The van der Waals surface area contributed by atoms with E-state index in [2.05, 4.69) is 6.92 Å². The number of carbonyl (C=O) groups excluding carboxylic acids is 2. The zero-order chi connectivity index (χ0) is 14.7. The molecule has 0 bridgehead atoms. The number of piperidine rings is 1. The number of amides is 2. The van der Waals surface area contributed by atoms with E-state index in [-0.39, 0.29) is 29.8 Å². The second-order valence-corrected chi connectivity index (χ2v) is 6.02. The van der Waals surface area contributed by atoms with Gasteiger partial charge in [-0.1, -0.05) is 13.8 Å². The predicted molar refractivity (Wildman–Crippen MR) is 76.2 cm³/mol. The van der Waals surface area contributed by atoms with E-state index in [1.165, 1.54) is 0 Å². The van der Waals surface area contributed by atoms with Crippen molar-refractivity contribution in [2.75, 3.05) is 26.8 Å². The number of methoxy groups -OCH3 is 1. The first-order valence-electron chi connectivity index (χ1n) is 7.70. The lowest BCUT2D eigenvalue weighted by Gasteiger charge is -2.47. The van der Waals surface area contributed by atoms with E-state index in [0.717, 1.165) is 25.8 Å². The van der Waals surface area contributed by atoms with Gasteiger partial charge in [-0.3, -0.25) is 9.59 Å². The third-order valence-corrected chi connectivity index (χ3v) is 4.36. The molecule has 2 aliphatic rings. The van der Waals surface area contributed by atoms with E-state index in [4.69, 9.17) is 4.74 Å². The number of hydrogen-bond donors (Lipinski definition) is 0. The van der Waals surface area contributed by atoms with Gasteiger partial charge >= 0.3 is 0 Å². The summed E-state index contributed by atoms with van der Waals surface area (Å²) in [5.41, 5.74) is 0. The fourth-order valence-electron chi connectivity index (χ4n) is 3.41. The topological polar surface area (TPSA) is 49.9 Å². The van der Waals surface area contributed by atoms with Gasteiger partial charge in [-0.2, -0.15) is 0 Å². The molecule has 2 heterocycles. The highest BCUT2D eigenvalue weighted by molar-refractivity contribution is 5.97. The standard InChI is InChI=1S/C15H26N2O3/c1-4-12-14(18)16-8-6-5-7-13(16)15(19)17(12)9-11(2)10-20-3/h11-13H,4-10H2,1-3H3. The number of rotatable bonds is 5. The average Bonchev–Trinajstić information content (AvgIpc) is 2.45. The minimum atomic E-state index is -0.281. The van der Waals surface area contributed by atoms with Crippen molar-refractivity contribution in [1.29, 1.82) is 0 Å². The minimum absolute atomic E-state index is 0.138.